The largest absolute Gasteiger partial charge is 0.292 e. The molecule has 0 N–H and O–H groups in total. The van der Waals surface area contributed by atoms with E-state index >= 15 is 0 Å². The van der Waals surface area contributed by atoms with Gasteiger partial charge in [0.15, 0.2) is 5.78 Å². The van der Waals surface area contributed by atoms with E-state index in [1.807, 2.05) is 12.2 Å². The molecule has 1 saturated heterocycles. The van der Waals surface area contributed by atoms with Crippen LogP contribution in [0.3, 0.4) is 0 Å². The molecule has 0 unspecified atom stereocenters. The standard InChI is InChI=1S/C26H21N3O6/c30-21(14-4-2-1-3-5-14)13-27(24(31)15-6-8-16(9-7-15)29(34)35)28-25(32)22-17-10-11-18(20-12-19(17)20)23(22)26(28)33/h1-11,17-20,22-23H,12-13H2/t17-,18-,19-,20+,22-,23+/m0/s1. The summed E-state index contributed by atoms with van der Waals surface area (Å²) in [5.41, 5.74) is 0.180. The fraction of sp³-hybridized carbons (Fsp3) is 0.308. The highest BCUT2D eigenvalue weighted by molar-refractivity contribution is 6.10. The number of allylic oxidation sites excluding steroid dienone is 2. The van der Waals surface area contributed by atoms with Gasteiger partial charge in [0.2, 0.25) is 0 Å². The van der Waals surface area contributed by atoms with Crippen molar-refractivity contribution in [3.63, 3.8) is 0 Å². The van der Waals surface area contributed by atoms with Gasteiger partial charge in [0, 0.05) is 23.3 Å². The molecule has 2 aromatic carbocycles. The lowest BCUT2D eigenvalue weighted by Crippen LogP contribution is -2.52. The molecule has 35 heavy (non-hydrogen) atoms. The molecule has 0 spiro atoms. The number of benzene rings is 2. The van der Waals surface area contributed by atoms with Gasteiger partial charge in [-0.25, -0.2) is 5.01 Å². The summed E-state index contributed by atoms with van der Waals surface area (Å²) in [6.07, 6.45) is 5.08. The summed E-state index contributed by atoms with van der Waals surface area (Å²) in [5.74, 6) is -2.41. The number of non-ortho nitro benzene ring substituents is 1. The van der Waals surface area contributed by atoms with Gasteiger partial charge in [-0.15, -0.1) is 0 Å². The van der Waals surface area contributed by atoms with Gasteiger partial charge in [-0.1, -0.05) is 42.5 Å². The molecule has 9 heteroatoms. The van der Waals surface area contributed by atoms with E-state index in [1.165, 1.54) is 24.3 Å². The number of hydrazine groups is 1. The first-order valence-electron chi connectivity index (χ1n) is 11.6. The molecule has 4 aliphatic carbocycles. The summed E-state index contributed by atoms with van der Waals surface area (Å²) in [4.78, 5) is 64.3. The Hall–Kier alpha value is -4.14. The summed E-state index contributed by atoms with van der Waals surface area (Å²) in [5, 5.41) is 12.8. The third kappa shape index (κ3) is 3.22. The van der Waals surface area contributed by atoms with E-state index in [9.17, 15) is 29.3 Å². The van der Waals surface area contributed by atoms with Gasteiger partial charge in [0.1, 0.15) is 6.54 Å². The van der Waals surface area contributed by atoms with Gasteiger partial charge in [0.25, 0.3) is 23.4 Å². The van der Waals surface area contributed by atoms with Gasteiger partial charge in [-0.3, -0.25) is 29.3 Å². The molecule has 1 aliphatic heterocycles. The molecule has 6 atom stereocenters. The lowest BCUT2D eigenvalue weighted by atomic mass is 9.63. The highest BCUT2D eigenvalue weighted by Gasteiger charge is 2.68. The average molecular weight is 471 g/mol. The average Bonchev–Trinajstić information content (AvgIpc) is 3.66. The Bertz CT molecular complexity index is 1270. The molecule has 7 rings (SSSR count). The van der Waals surface area contributed by atoms with E-state index in [2.05, 4.69) is 0 Å². The van der Waals surface area contributed by atoms with Crippen molar-refractivity contribution in [2.45, 2.75) is 6.42 Å². The molecule has 176 valence electrons. The second-order valence-corrected chi connectivity index (χ2v) is 9.60. The smallest absolute Gasteiger partial charge is 0.273 e. The number of Topliss-reactive ketones (excluding diaryl/α,β-unsaturated/α-hetero) is 1. The summed E-state index contributed by atoms with van der Waals surface area (Å²) in [6.45, 7) is -0.508. The first-order valence-corrected chi connectivity index (χ1v) is 11.6. The lowest BCUT2D eigenvalue weighted by molar-refractivity contribution is -0.384. The van der Waals surface area contributed by atoms with Crippen LogP contribution in [0.25, 0.3) is 0 Å². The topological polar surface area (TPSA) is 118 Å². The van der Waals surface area contributed by atoms with Crippen molar-refractivity contribution in [3.05, 3.63) is 88.0 Å². The summed E-state index contributed by atoms with van der Waals surface area (Å²) in [7, 11) is 0. The van der Waals surface area contributed by atoms with Crippen LogP contribution in [0.5, 0.6) is 0 Å². The maximum Gasteiger partial charge on any atom is 0.273 e. The minimum Gasteiger partial charge on any atom is -0.292 e. The first kappa shape index (κ1) is 21.4. The Morgan fingerprint density at radius 1 is 0.886 bits per heavy atom. The van der Waals surface area contributed by atoms with Crippen molar-refractivity contribution in [2.75, 3.05) is 6.54 Å². The molecule has 2 aromatic rings. The van der Waals surface area contributed by atoms with Gasteiger partial charge < -0.3 is 0 Å². The molecule has 9 nitrogen and oxygen atoms in total. The zero-order valence-corrected chi connectivity index (χ0v) is 18.5. The Morgan fingerprint density at radius 3 is 2.00 bits per heavy atom. The van der Waals surface area contributed by atoms with Gasteiger partial charge in [-0.05, 0) is 42.2 Å². The normalized spacial score (nSPS) is 29.5. The molecule has 3 amide bonds. The van der Waals surface area contributed by atoms with Crippen LogP contribution in [0.1, 0.15) is 27.1 Å². The van der Waals surface area contributed by atoms with Crippen LogP contribution in [0.2, 0.25) is 0 Å². The molecule has 1 heterocycles. The zero-order chi connectivity index (χ0) is 24.4. The fourth-order valence-corrected chi connectivity index (χ4v) is 6.14. The lowest BCUT2D eigenvalue weighted by Gasteiger charge is -2.37. The number of amides is 3. The first-order chi connectivity index (χ1) is 16.9. The SMILES string of the molecule is O=C(CN(C(=O)c1ccc([N+](=O)[O-])cc1)N1C(=O)[C@@H]2[C@H]3C=C[C@@H]([C@@H]4C[C@H]34)[C@@H]2C1=O)c1ccccc1. The molecular formula is C26H21N3O6. The Morgan fingerprint density at radius 2 is 1.46 bits per heavy atom. The van der Waals surface area contributed by atoms with E-state index < -0.39 is 46.8 Å². The number of hydrogen-bond donors (Lipinski definition) is 0. The van der Waals surface area contributed by atoms with Crippen molar-refractivity contribution < 1.29 is 24.1 Å². The number of ketones is 1. The second-order valence-electron chi connectivity index (χ2n) is 9.60. The van der Waals surface area contributed by atoms with Crippen molar-refractivity contribution in [2.24, 2.45) is 35.5 Å². The minimum absolute atomic E-state index is 0.0300. The summed E-state index contributed by atoms with van der Waals surface area (Å²) < 4.78 is 0. The van der Waals surface area contributed by atoms with E-state index in [-0.39, 0.29) is 23.1 Å². The number of nitro groups is 1. The Balaban J connectivity index is 1.36. The quantitative estimate of drug-likeness (QED) is 0.210. The van der Waals surface area contributed by atoms with Crippen LogP contribution >= 0.6 is 0 Å². The Kier molecular flexibility index (Phi) is 4.70. The van der Waals surface area contributed by atoms with E-state index in [0.29, 0.717) is 17.4 Å². The summed E-state index contributed by atoms with van der Waals surface area (Å²) >= 11 is 0. The van der Waals surface area contributed by atoms with Crippen LogP contribution < -0.4 is 0 Å². The van der Waals surface area contributed by atoms with Crippen molar-refractivity contribution in [1.29, 1.82) is 0 Å². The number of imide groups is 1. The molecular weight excluding hydrogens is 450 g/mol. The third-order valence-corrected chi connectivity index (χ3v) is 7.83. The molecule has 0 radical (unpaired) electrons. The minimum atomic E-state index is -0.741. The van der Waals surface area contributed by atoms with Crippen molar-refractivity contribution in [3.8, 4) is 0 Å². The zero-order valence-electron chi connectivity index (χ0n) is 18.5. The number of nitrogens with zero attached hydrogens (tertiary/aromatic N) is 3. The van der Waals surface area contributed by atoms with Gasteiger partial charge >= 0.3 is 0 Å². The van der Waals surface area contributed by atoms with Crippen molar-refractivity contribution in [1.82, 2.24) is 10.0 Å². The number of rotatable bonds is 6. The Labute approximate surface area is 200 Å². The highest BCUT2D eigenvalue weighted by atomic mass is 16.6. The molecule has 2 saturated carbocycles. The number of nitro benzene ring substituents is 1. The van der Waals surface area contributed by atoms with Gasteiger partial charge in [-0.2, -0.15) is 5.01 Å². The van der Waals surface area contributed by atoms with Crippen LogP contribution in [0, 0.1) is 45.6 Å². The number of carbonyl (C=O) groups is 4. The maximum absolute atomic E-state index is 13.6. The van der Waals surface area contributed by atoms with Crippen LogP contribution in [-0.4, -0.2) is 45.0 Å². The van der Waals surface area contributed by atoms with E-state index in [1.54, 1.807) is 30.3 Å². The third-order valence-electron chi connectivity index (χ3n) is 7.83. The molecule has 0 aromatic heterocycles. The number of carbonyl (C=O) groups excluding carboxylic acids is 4. The van der Waals surface area contributed by atoms with Crippen LogP contribution in [0.15, 0.2) is 66.7 Å². The summed E-state index contributed by atoms with van der Waals surface area (Å²) in [6, 6.07) is 13.2. The second kappa shape index (κ2) is 7.69. The maximum atomic E-state index is 13.6. The predicted octanol–water partition coefficient (Wildman–Crippen LogP) is 2.89. The molecule has 5 aliphatic rings. The molecule has 3 fully saturated rings. The van der Waals surface area contributed by atoms with E-state index in [4.69, 9.17) is 0 Å². The monoisotopic (exact) mass is 471 g/mol. The van der Waals surface area contributed by atoms with Gasteiger partial charge in [0.05, 0.1) is 16.8 Å². The van der Waals surface area contributed by atoms with Crippen LogP contribution in [-0.2, 0) is 9.59 Å². The highest BCUT2D eigenvalue weighted by Crippen LogP contribution is 2.65. The van der Waals surface area contributed by atoms with E-state index in [0.717, 1.165) is 16.4 Å². The fourth-order valence-electron chi connectivity index (χ4n) is 6.14. The number of hydrogen-bond acceptors (Lipinski definition) is 6. The van der Waals surface area contributed by atoms with Crippen LogP contribution in [0.4, 0.5) is 5.69 Å². The predicted molar refractivity (Wildman–Crippen MR) is 121 cm³/mol. The molecule has 2 bridgehead atoms. The van der Waals surface area contributed by atoms with Crippen molar-refractivity contribution >= 4 is 29.2 Å².